The zero-order valence-corrected chi connectivity index (χ0v) is 12.8. The molecular formula is C19H12ClFO2. The molecule has 0 spiro atoms. The van der Waals surface area contributed by atoms with E-state index in [1.165, 1.54) is 30.3 Å². The van der Waals surface area contributed by atoms with Crippen LogP contribution in [-0.2, 0) is 0 Å². The molecular weight excluding hydrogens is 315 g/mol. The number of rotatable bonds is 4. The van der Waals surface area contributed by atoms with E-state index in [-0.39, 0.29) is 11.6 Å². The highest BCUT2D eigenvalue weighted by molar-refractivity contribution is 6.30. The van der Waals surface area contributed by atoms with Gasteiger partial charge in [-0.15, -0.1) is 0 Å². The van der Waals surface area contributed by atoms with Crippen molar-refractivity contribution in [3.05, 3.63) is 88.9 Å². The summed E-state index contributed by atoms with van der Waals surface area (Å²) in [6, 6.07) is 16.3. The molecule has 0 N–H and O–H groups in total. The van der Waals surface area contributed by atoms with Crippen LogP contribution in [0.3, 0.4) is 0 Å². The lowest BCUT2D eigenvalue weighted by molar-refractivity contribution is 0.104. The van der Waals surface area contributed by atoms with Gasteiger partial charge < -0.3 is 4.42 Å². The SMILES string of the molecule is O=C(C=Cc1ccc(-c2cccc(Cl)c2)o1)c1ccc(F)cc1. The first-order valence-electron chi connectivity index (χ1n) is 6.95. The van der Waals surface area contributed by atoms with Gasteiger partial charge in [0, 0.05) is 16.1 Å². The van der Waals surface area contributed by atoms with Gasteiger partial charge in [-0.05, 0) is 60.7 Å². The van der Waals surface area contributed by atoms with Crippen LogP contribution in [0, 0.1) is 5.82 Å². The Kier molecular flexibility index (Phi) is 4.40. The van der Waals surface area contributed by atoms with Gasteiger partial charge in [0.25, 0.3) is 0 Å². The first kappa shape index (κ1) is 15.3. The maximum Gasteiger partial charge on any atom is 0.185 e. The fourth-order valence-electron chi connectivity index (χ4n) is 2.11. The van der Waals surface area contributed by atoms with Crippen molar-refractivity contribution in [2.75, 3.05) is 0 Å². The van der Waals surface area contributed by atoms with Gasteiger partial charge in [0.05, 0.1) is 0 Å². The Labute approximate surface area is 137 Å². The third-order valence-electron chi connectivity index (χ3n) is 3.26. The third-order valence-corrected chi connectivity index (χ3v) is 3.50. The van der Waals surface area contributed by atoms with Crippen molar-refractivity contribution in [1.82, 2.24) is 0 Å². The molecule has 2 aromatic carbocycles. The summed E-state index contributed by atoms with van der Waals surface area (Å²) < 4.78 is 18.5. The Hall–Kier alpha value is -2.65. The van der Waals surface area contributed by atoms with E-state index in [0.717, 1.165) is 5.56 Å². The van der Waals surface area contributed by atoms with Crippen LogP contribution < -0.4 is 0 Å². The molecule has 1 aromatic heterocycles. The number of allylic oxidation sites excluding steroid dienone is 1. The van der Waals surface area contributed by atoms with E-state index >= 15 is 0 Å². The fourth-order valence-corrected chi connectivity index (χ4v) is 2.30. The van der Waals surface area contributed by atoms with Crippen molar-refractivity contribution in [3.63, 3.8) is 0 Å². The van der Waals surface area contributed by atoms with Gasteiger partial charge in [0.2, 0.25) is 0 Å². The van der Waals surface area contributed by atoms with E-state index in [0.29, 0.717) is 22.1 Å². The molecule has 0 aliphatic rings. The molecule has 0 amide bonds. The van der Waals surface area contributed by atoms with Gasteiger partial charge >= 0.3 is 0 Å². The minimum absolute atomic E-state index is 0.217. The van der Waals surface area contributed by atoms with Gasteiger partial charge in [-0.2, -0.15) is 0 Å². The molecule has 2 nitrogen and oxygen atoms in total. The smallest absolute Gasteiger partial charge is 0.185 e. The minimum atomic E-state index is -0.372. The first-order valence-corrected chi connectivity index (χ1v) is 7.33. The van der Waals surface area contributed by atoms with Crippen LogP contribution in [-0.4, -0.2) is 5.78 Å². The Morgan fingerprint density at radius 3 is 2.57 bits per heavy atom. The van der Waals surface area contributed by atoms with Crippen molar-refractivity contribution in [3.8, 4) is 11.3 Å². The summed E-state index contributed by atoms with van der Waals surface area (Å²) in [5.74, 6) is 0.630. The number of hydrogen-bond acceptors (Lipinski definition) is 2. The minimum Gasteiger partial charge on any atom is -0.457 e. The Morgan fingerprint density at radius 1 is 1.04 bits per heavy atom. The standard InChI is InChI=1S/C19H12ClFO2/c20-15-3-1-2-14(12-15)19-11-9-17(23-19)8-10-18(22)13-4-6-16(21)7-5-13/h1-12H. The van der Waals surface area contributed by atoms with E-state index in [1.54, 1.807) is 24.3 Å². The molecule has 0 saturated carbocycles. The van der Waals surface area contributed by atoms with E-state index < -0.39 is 0 Å². The molecule has 0 aliphatic carbocycles. The number of carbonyl (C=O) groups excluding carboxylic acids is 1. The molecule has 0 atom stereocenters. The van der Waals surface area contributed by atoms with Crippen molar-refractivity contribution in [2.24, 2.45) is 0 Å². The molecule has 114 valence electrons. The molecule has 0 bridgehead atoms. The number of carbonyl (C=O) groups is 1. The van der Waals surface area contributed by atoms with Gasteiger partial charge in [-0.1, -0.05) is 23.7 Å². The fraction of sp³-hybridized carbons (Fsp3) is 0. The number of furan rings is 1. The molecule has 3 rings (SSSR count). The molecule has 0 aliphatic heterocycles. The van der Waals surface area contributed by atoms with Crippen LogP contribution in [0.4, 0.5) is 4.39 Å². The zero-order valence-electron chi connectivity index (χ0n) is 12.0. The summed E-state index contributed by atoms with van der Waals surface area (Å²) in [6.45, 7) is 0. The Balaban J connectivity index is 1.76. The number of halogens is 2. The predicted molar refractivity (Wildman–Crippen MR) is 88.9 cm³/mol. The molecule has 0 fully saturated rings. The van der Waals surface area contributed by atoms with Crippen LogP contribution in [0.5, 0.6) is 0 Å². The lowest BCUT2D eigenvalue weighted by Gasteiger charge is -1.97. The summed E-state index contributed by atoms with van der Waals surface area (Å²) in [4.78, 5) is 12.0. The summed E-state index contributed by atoms with van der Waals surface area (Å²) in [6.07, 6.45) is 2.98. The van der Waals surface area contributed by atoms with Crippen LogP contribution in [0.2, 0.25) is 5.02 Å². The van der Waals surface area contributed by atoms with Crippen LogP contribution in [0.1, 0.15) is 16.1 Å². The van der Waals surface area contributed by atoms with Gasteiger partial charge in [0.1, 0.15) is 17.3 Å². The molecule has 0 unspecified atom stereocenters. The molecule has 0 saturated heterocycles. The normalized spacial score (nSPS) is 11.0. The Bertz CT molecular complexity index is 863. The highest BCUT2D eigenvalue weighted by Crippen LogP contribution is 2.25. The van der Waals surface area contributed by atoms with Crippen LogP contribution in [0.15, 0.2) is 71.2 Å². The average molecular weight is 327 g/mol. The van der Waals surface area contributed by atoms with Gasteiger partial charge in [-0.25, -0.2) is 4.39 Å². The average Bonchev–Trinajstić information content (AvgIpc) is 3.02. The lowest BCUT2D eigenvalue weighted by atomic mass is 10.1. The highest BCUT2D eigenvalue weighted by Gasteiger charge is 2.05. The van der Waals surface area contributed by atoms with E-state index in [4.69, 9.17) is 16.0 Å². The van der Waals surface area contributed by atoms with E-state index in [9.17, 15) is 9.18 Å². The van der Waals surface area contributed by atoms with E-state index in [1.807, 2.05) is 18.2 Å². The molecule has 3 aromatic rings. The molecule has 4 heteroatoms. The second-order valence-corrected chi connectivity index (χ2v) is 5.35. The quantitative estimate of drug-likeness (QED) is 0.459. The molecule has 1 heterocycles. The van der Waals surface area contributed by atoms with Gasteiger partial charge in [-0.3, -0.25) is 4.79 Å². The zero-order chi connectivity index (χ0) is 16.2. The monoisotopic (exact) mass is 326 g/mol. The number of benzene rings is 2. The van der Waals surface area contributed by atoms with Gasteiger partial charge in [0.15, 0.2) is 5.78 Å². The van der Waals surface area contributed by atoms with Crippen molar-refractivity contribution < 1.29 is 13.6 Å². The van der Waals surface area contributed by atoms with Crippen LogP contribution in [0.25, 0.3) is 17.4 Å². The van der Waals surface area contributed by atoms with Crippen LogP contribution >= 0.6 is 11.6 Å². The summed E-state index contributed by atoms with van der Waals surface area (Å²) in [5, 5.41) is 0.627. The second-order valence-electron chi connectivity index (χ2n) is 4.92. The maximum atomic E-state index is 12.8. The summed E-state index contributed by atoms with van der Waals surface area (Å²) >= 11 is 5.96. The topological polar surface area (TPSA) is 30.2 Å². The molecule has 0 radical (unpaired) electrons. The Morgan fingerprint density at radius 2 is 1.83 bits per heavy atom. The summed E-state index contributed by atoms with van der Waals surface area (Å²) in [5.41, 5.74) is 1.28. The maximum absolute atomic E-state index is 12.8. The summed E-state index contributed by atoms with van der Waals surface area (Å²) in [7, 11) is 0. The van der Waals surface area contributed by atoms with E-state index in [2.05, 4.69) is 0 Å². The lowest BCUT2D eigenvalue weighted by Crippen LogP contribution is -1.93. The largest absolute Gasteiger partial charge is 0.457 e. The number of ketones is 1. The molecule has 23 heavy (non-hydrogen) atoms. The second kappa shape index (κ2) is 6.63. The predicted octanol–water partition coefficient (Wildman–Crippen LogP) is 5.64. The van der Waals surface area contributed by atoms with Crippen molar-refractivity contribution >= 4 is 23.5 Å². The highest BCUT2D eigenvalue weighted by atomic mass is 35.5. The first-order chi connectivity index (χ1) is 11.1. The third kappa shape index (κ3) is 3.76. The van der Waals surface area contributed by atoms with Crippen molar-refractivity contribution in [2.45, 2.75) is 0 Å². The van der Waals surface area contributed by atoms with Crippen molar-refractivity contribution in [1.29, 1.82) is 0 Å². The number of hydrogen-bond donors (Lipinski definition) is 0.